The van der Waals surface area contributed by atoms with Crippen molar-refractivity contribution in [3.63, 3.8) is 0 Å². The molecule has 146 valence electrons. The van der Waals surface area contributed by atoms with Gasteiger partial charge in [0.2, 0.25) is 0 Å². The van der Waals surface area contributed by atoms with E-state index in [9.17, 15) is 4.79 Å². The highest BCUT2D eigenvalue weighted by Crippen LogP contribution is 2.28. The molecule has 1 fully saturated rings. The van der Waals surface area contributed by atoms with Crippen molar-refractivity contribution in [3.8, 4) is 11.3 Å². The molecule has 0 radical (unpaired) electrons. The molecule has 2 aromatic heterocycles. The van der Waals surface area contributed by atoms with E-state index in [4.69, 9.17) is 0 Å². The van der Waals surface area contributed by atoms with Crippen LogP contribution in [-0.4, -0.2) is 26.3 Å². The van der Waals surface area contributed by atoms with E-state index < -0.39 is 0 Å². The van der Waals surface area contributed by atoms with Crippen LogP contribution < -0.4 is 10.6 Å². The maximum Gasteiger partial charge on any atom is 0.251 e. The summed E-state index contributed by atoms with van der Waals surface area (Å²) in [6.07, 6.45) is 12.0. The monoisotopic (exact) mass is 377 g/mol. The SMILES string of the molecule is CC.O=C1NCc2cc(-c3cnc(NC4CCCCC4)c4nccn34)ccc21. The highest BCUT2D eigenvalue weighted by molar-refractivity contribution is 5.98. The van der Waals surface area contributed by atoms with E-state index in [0.29, 0.717) is 12.6 Å². The molecule has 1 amide bonds. The first-order chi connectivity index (χ1) is 13.8. The summed E-state index contributed by atoms with van der Waals surface area (Å²) in [6.45, 7) is 4.59. The Labute approximate surface area is 165 Å². The van der Waals surface area contributed by atoms with Crippen LogP contribution in [0.15, 0.2) is 36.8 Å². The molecule has 6 heteroatoms. The normalized spacial score (nSPS) is 16.3. The number of rotatable bonds is 3. The molecule has 0 bridgehead atoms. The van der Waals surface area contributed by atoms with E-state index in [-0.39, 0.29) is 5.91 Å². The Morgan fingerprint density at radius 2 is 1.96 bits per heavy atom. The number of amides is 1. The topological polar surface area (TPSA) is 71.3 Å². The number of imidazole rings is 1. The summed E-state index contributed by atoms with van der Waals surface area (Å²) < 4.78 is 2.07. The second-order valence-corrected chi connectivity index (χ2v) is 7.15. The molecule has 0 atom stereocenters. The number of anilines is 1. The Hall–Kier alpha value is -2.89. The molecule has 6 nitrogen and oxygen atoms in total. The largest absolute Gasteiger partial charge is 0.364 e. The highest BCUT2D eigenvalue weighted by Gasteiger charge is 2.20. The average Bonchev–Trinajstić information content (AvgIpc) is 3.38. The summed E-state index contributed by atoms with van der Waals surface area (Å²) in [4.78, 5) is 21.0. The molecule has 28 heavy (non-hydrogen) atoms. The Balaban J connectivity index is 0.000000932. The van der Waals surface area contributed by atoms with Crippen LogP contribution >= 0.6 is 0 Å². The minimum Gasteiger partial charge on any atom is -0.364 e. The zero-order valence-corrected chi connectivity index (χ0v) is 16.5. The Kier molecular flexibility index (Phi) is 5.28. The molecular formula is C22H27N5O. The number of hydrogen-bond acceptors (Lipinski definition) is 4. The third kappa shape index (κ3) is 3.35. The van der Waals surface area contributed by atoms with Crippen molar-refractivity contribution in [1.29, 1.82) is 0 Å². The van der Waals surface area contributed by atoms with Gasteiger partial charge in [-0.25, -0.2) is 9.97 Å². The maximum absolute atomic E-state index is 11.8. The van der Waals surface area contributed by atoms with Crippen molar-refractivity contribution >= 4 is 17.4 Å². The molecule has 5 rings (SSSR count). The van der Waals surface area contributed by atoms with Gasteiger partial charge in [0.25, 0.3) is 5.91 Å². The van der Waals surface area contributed by atoms with Crippen LogP contribution in [-0.2, 0) is 6.54 Å². The molecule has 1 aromatic carbocycles. The first-order valence-corrected chi connectivity index (χ1v) is 10.3. The van der Waals surface area contributed by atoms with Crippen LogP contribution in [0.4, 0.5) is 5.82 Å². The lowest BCUT2D eigenvalue weighted by atomic mass is 9.95. The van der Waals surface area contributed by atoms with E-state index in [1.807, 2.05) is 44.6 Å². The van der Waals surface area contributed by atoms with E-state index >= 15 is 0 Å². The van der Waals surface area contributed by atoms with Gasteiger partial charge in [0, 0.05) is 36.1 Å². The number of carbonyl (C=O) groups excluding carboxylic acids is 1. The summed E-state index contributed by atoms with van der Waals surface area (Å²) in [7, 11) is 0. The third-order valence-corrected chi connectivity index (χ3v) is 5.46. The first-order valence-electron chi connectivity index (χ1n) is 10.3. The lowest BCUT2D eigenvalue weighted by molar-refractivity contribution is 0.0966. The van der Waals surface area contributed by atoms with Crippen molar-refractivity contribution in [2.75, 3.05) is 5.32 Å². The molecule has 2 aliphatic rings. The van der Waals surface area contributed by atoms with Crippen LogP contribution in [0.1, 0.15) is 61.9 Å². The number of aromatic nitrogens is 3. The van der Waals surface area contributed by atoms with E-state index in [1.165, 1.54) is 32.1 Å². The van der Waals surface area contributed by atoms with Crippen molar-refractivity contribution in [2.45, 2.75) is 58.5 Å². The molecule has 0 unspecified atom stereocenters. The van der Waals surface area contributed by atoms with Gasteiger partial charge in [0.15, 0.2) is 11.5 Å². The average molecular weight is 377 g/mol. The Morgan fingerprint density at radius 3 is 2.79 bits per heavy atom. The van der Waals surface area contributed by atoms with Crippen molar-refractivity contribution in [3.05, 3.63) is 47.9 Å². The molecule has 1 aliphatic heterocycles. The summed E-state index contributed by atoms with van der Waals surface area (Å²) >= 11 is 0. The maximum atomic E-state index is 11.8. The molecule has 1 aliphatic carbocycles. The minimum atomic E-state index is 0.00415. The van der Waals surface area contributed by atoms with Crippen LogP contribution in [0.3, 0.4) is 0 Å². The summed E-state index contributed by atoms with van der Waals surface area (Å²) in [5, 5.41) is 6.45. The quantitative estimate of drug-likeness (QED) is 0.709. The second kappa shape index (κ2) is 8.00. The zero-order valence-electron chi connectivity index (χ0n) is 16.5. The second-order valence-electron chi connectivity index (χ2n) is 7.15. The summed E-state index contributed by atoms with van der Waals surface area (Å²) in [5.74, 6) is 0.855. The molecule has 2 N–H and O–H groups in total. The number of benzene rings is 1. The van der Waals surface area contributed by atoms with Crippen LogP contribution in [0.25, 0.3) is 16.9 Å². The van der Waals surface area contributed by atoms with E-state index in [0.717, 1.165) is 33.8 Å². The van der Waals surface area contributed by atoms with Crippen molar-refractivity contribution in [2.24, 2.45) is 0 Å². The zero-order chi connectivity index (χ0) is 19.5. The van der Waals surface area contributed by atoms with Gasteiger partial charge in [0.1, 0.15) is 0 Å². The summed E-state index contributed by atoms with van der Waals surface area (Å²) in [6, 6.07) is 6.43. The van der Waals surface area contributed by atoms with Gasteiger partial charge in [-0.1, -0.05) is 39.2 Å². The lowest BCUT2D eigenvalue weighted by Gasteiger charge is -2.23. The van der Waals surface area contributed by atoms with Gasteiger partial charge in [-0.15, -0.1) is 0 Å². The first kappa shape index (κ1) is 18.5. The van der Waals surface area contributed by atoms with E-state index in [2.05, 4.69) is 31.1 Å². The fraction of sp³-hybridized carbons (Fsp3) is 0.409. The van der Waals surface area contributed by atoms with Gasteiger partial charge >= 0.3 is 0 Å². The standard InChI is InChI=1S/C20H21N5O.C2H6/c26-20-16-7-6-13(10-14(16)11-23-20)17-12-22-18(19-21-8-9-25(17)19)24-15-4-2-1-3-5-15;1-2/h6-10,12,15H,1-5,11H2,(H,22,24)(H,23,26);1-2H3. The Morgan fingerprint density at radius 1 is 1.14 bits per heavy atom. The fourth-order valence-corrected chi connectivity index (χ4v) is 4.07. The number of carbonyl (C=O) groups is 1. The molecule has 0 saturated heterocycles. The van der Waals surface area contributed by atoms with Gasteiger partial charge < -0.3 is 10.6 Å². The number of hydrogen-bond donors (Lipinski definition) is 2. The predicted octanol–water partition coefficient (Wildman–Crippen LogP) is 4.41. The predicted molar refractivity (Wildman–Crippen MR) is 111 cm³/mol. The molecule has 0 spiro atoms. The smallest absolute Gasteiger partial charge is 0.251 e. The van der Waals surface area contributed by atoms with Crippen molar-refractivity contribution < 1.29 is 4.79 Å². The van der Waals surface area contributed by atoms with Crippen LogP contribution in [0, 0.1) is 0 Å². The number of fused-ring (bicyclic) bond motifs is 2. The lowest BCUT2D eigenvalue weighted by Crippen LogP contribution is -2.23. The van der Waals surface area contributed by atoms with Crippen LogP contribution in [0.2, 0.25) is 0 Å². The molecule has 3 heterocycles. The highest BCUT2D eigenvalue weighted by atomic mass is 16.1. The van der Waals surface area contributed by atoms with Gasteiger partial charge in [0.05, 0.1) is 11.9 Å². The molecular weight excluding hydrogens is 350 g/mol. The number of nitrogens with one attached hydrogen (secondary N) is 2. The summed E-state index contributed by atoms with van der Waals surface area (Å²) in [5.41, 5.74) is 4.67. The van der Waals surface area contributed by atoms with Gasteiger partial charge in [-0.3, -0.25) is 9.20 Å². The molecule has 3 aromatic rings. The third-order valence-electron chi connectivity index (χ3n) is 5.46. The van der Waals surface area contributed by atoms with Gasteiger partial charge in [-0.05, 0) is 30.5 Å². The number of nitrogens with zero attached hydrogens (tertiary/aromatic N) is 3. The fourth-order valence-electron chi connectivity index (χ4n) is 4.07. The Bertz CT molecular complexity index is 988. The minimum absolute atomic E-state index is 0.00415. The molecule has 1 saturated carbocycles. The van der Waals surface area contributed by atoms with E-state index in [1.54, 1.807) is 0 Å². The van der Waals surface area contributed by atoms with Gasteiger partial charge in [-0.2, -0.15) is 0 Å². The van der Waals surface area contributed by atoms with Crippen LogP contribution in [0.5, 0.6) is 0 Å². The van der Waals surface area contributed by atoms with Crippen molar-refractivity contribution in [1.82, 2.24) is 19.7 Å².